The van der Waals surface area contributed by atoms with Crippen molar-refractivity contribution in [2.24, 2.45) is 0 Å². The third kappa shape index (κ3) is 4.48. The topological polar surface area (TPSA) is 52.7 Å². The summed E-state index contributed by atoms with van der Waals surface area (Å²) in [6, 6.07) is 12.5. The Bertz CT molecular complexity index is 755. The van der Waals surface area contributed by atoms with Gasteiger partial charge in [-0.25, -0.2) is 13.1 Å². The van der Waals surface area contributed by atoms with Crippen LogP contribution in [0.2, 0.25) is 0 Å². The van der Waals surface area contributed by atoms with Gasteiger partial charge < -0.3 is 4.90 Å². The fourth-order valence-corrected chi connectivity index (χ4v) is 5.51. The Kier molecular flexibility index (Phi) is 5.91. The van der Waals surface area contributed by atoms with Crippen molar-refractivity contribution in [1.82, 2.24) is 14.5 Å². The van der Waals surface area contributed by atoms with E-state index in [1.807, 2.05) is 19.1 Å². The van der Waals surface area contributed by atoms with E-state index in [-0.39, 0.29) is 12.1 Å². The first-order valence-electron chi connectivity index (χ1n) is 8.51. The van der Waals surface area contributed by atoms with Gasteiger partial charge in [0.15, 0.2) is 0 Å². The lowest BCUT2D eigenvalue weighted by molar-refractivity contribution is 0.0994. The standard InChI is InChI=1S/C18H25N3O2S2/c1-15(19-25(22,23)16-7-4-3-5-8-16)18(17-9-6-14-24-17)21-12-10-20(2)11-13-21/h3-9,14-15,18-19H,10-13H2,1-2H3. The number of likely N-dealkylation sites (N-methyl/N-ethyl adjacent to an activating group) is 1. The minimum absolute atomic E-state index is 0.0483. The number of rotatable bonds is 6. The Morgan fingerprint density at radius 1 is 1.04 bits per heavy atom. The average molecular weight is 380 g/mol. The van der Waals surface area contributed by atoms with Crippen molar-refractivity contribution in [2.75, 3.05) is 33.2 Å². The molecule has 1 aliphatic heterocycles. The Balaban J connectivity index is 1.81. The maximum absolute atomic E-state index is 12.7. The molecule has 5 nitrogen and oxygen atoms in total. The number of hydrogen-bond donors (Lipinski definition) is 1. The van der Waals surface area contributed by atoms with Crippen molar-refractivity contribution >= 4 is 21.4 Å². The van der Waals surface area contributed by atoms with Gasteiger partial charge in [-0.1, -0.05) is 24.3 Å². The first-order valence-corrected chi connectivity index (χ1v) is 10.9. The van der Waals surface area contributed by atoms with Crippen LogP contribution >= 0.6 is 11.3 Å². The lowest BCUT2D eigenvalue weighted by atomic mass is 10.1. The predicted molar refractivity (Wildman–Crippen MR) is 102 cm³/mol. The quantitative estimate of drug-likeness (QED) is 0.837. The summed E-state index contributed by atoms with van der Waals surface area (Å²) in [6.07, 6.45) is 0. The van der Waals surface area contributed by atoms with Crippen LogP contribution in [0.3, 0.4) is 0 Å². The molecule has 1 fully saturated rings. The maximum Gasteiger partial charge on any atom is 0.240 e. The van der Waals surface area contributed by atoms with Gasteiger partial charge in [-0.3, -0.25) is 4.90 Å². The summed E-state index contributed by atoms with van der Waals surface area (Å²) in [7, 11) is -1.40. The molecule has 1 aliphatic rings. The monoisotopic (exact) mass is 379 g/mol. The molecule has 1 saturated heterocycles. The van der Waals surface area contributed by atoms with E-state index >= 15 is 0 Å². The zero-order valence-electron chi connectivity index (χ0n) is 14.6. The van der Waals surface area contributed by atoms with Gasteiger partial charge in [-0.05, 0) is 37.6 Å². The second-order valence-electron chi connectivity index (χ2n) is 6.52. The highest BCUT2D eigenvalue weighted by atomic mass is 32.2. The summed E-state index contributed by atoms with van der Waals surface area (Å²) in [5.74, 6) is 0. The maximum atomic E-state index is 12.7. The molecule has 1 aromatic heterocycles. The van der Waals surface area contributed by atoms with Gasteiger partial charge >= 0.3 is 0 Å². The van der Waals surface area contributed by atoms with Gasteiger partial charge in [-0.15, -0.1) is 11.3 Å². The molecule has 1 aromatic carbocycles. The van der Waals surface area contributed by atoms with Crippen molar-refractivity contribution in [2.45, 2.75) is 23.9 Å². The molecule has 1 N–H and O–H groups in total. The molecule has 0 saturated carbocycles. The second kappa shape index (κ2) is 7.97. The van der Waals surface area contributed by atoms with E-state index in [1.165, 1.54) is 4.88 Å². The highest BCUT2D eigenvalue weighted by Crippen LogP contribution is 2.30. The Morgan fingerprint density at radius 2 is 1.72 bits per heavy atom. The zero-order valence-corrected chi connectivity index (χ0v) is 16.3. The van der Waals surface area contributed by atoms with Crippen LogP contribution in [-0.4, -0.2) is 57.5 Å². The van der Waals surface area contributed by atoms with E-state index in [1.54, 1.807) is 35.6 Å². The van der Waals surface area contributed by atoms with E-state index < -0.39 is 10.0 Å². The van der Waals surface area contributed by atoms with E-state index in [0.717, 1.165) is 26.2 Å². The highest BCUT2D eigenvalue weighted by Gasteiger charge is 2.31. The molecule has 3 rings (SSSR count). The third-order valence-corrected chi connectivity index (χ3v) is 7.15. The molecule has 0 bridgehead atoms. The van der Waals surface area contributed by atoms with Crippen molar-refractivity contribution in [1.29, 1.82) is 0 Å². The van der Waals surface area contributed by atoms with Crippen molar-refractivity contribution < 1.29 is 8.42 Å². The van der Waals surface area contributed by atoms with Crippen molar-refractivity contribution in [3.63, 3.8) is 0 Å². The summed E-state index contributed by atoms with van der Waals surface area (Å²) >= 11 is 1.69. The zero-order chi connectivity index (χ0) is 17.9. The van der Waals surface area contributed by atoms with E-state index in [2.05, 4.69) is 33.0 Å². The summed E-state index contributed by atoms with van der Waals surface area (Å²) in [5.41, 5.74) is 0. The first kappa shape index (κ1) is 18.5. The molecule has 2 unspecified atom stereocenters. The summed E-state index contributed by atoms with van der Waals surface area (Å²) in [4.78, 5) is 6.21. The van der Waals surface area contributed by atoms with Gasteiger partial charge in [0.25, 0.3) is 0 Å². The van der Waals surface area contributed by atoms with Crippen LogP contribution in [0.15, 0.2) is 52.7 Å². The molecule has 0 spiro atoms. The Morgan fingerprint density at radius 3 is 2.32 bits per heavy atom. The third-order valence-electron chi connectivity index (χ3n) is 4.63. The first-order chi connectivity index (χ1) is 12.0. The van der Waals surface area contributed by atoms with E-state index in [4.69, 9.17) is 0 Å². The second-order valence-corrected chi connectivity index (χ2v) is 9.22. The largest absolute Gasteiger partial charge is 0.304 e. The van der Waals surface area contributed by atoms with Crippen LogP contribution < -0.4 is 4.72 Å². The number of nitrogens with zero attached hydrogens (tertiary/aromatic N) is 2. The number of benzene rings is 1. The number of thiophene rings is 1. The minimum Gasteiger partial charge on any atom is -0.304 e. The molecule has 2 aromatic rings. The van der Waals surface area contributed by atoms with Crippen molar-refractivity contribution in [3.8, 4) is 0 Å². The van der Waals surface area contributed by atoms with Crippen LogP contribution in [0.25, 0.3) is 0 Å². The molecule has 0 aliphatic carbocycles. The SMILES string of the molecule is CC(NS(=O)(=O)c1ccccc1)C(c1cccs1)N1CCN(C)CC1. The van der Waals surface area contributed by atoms with Crippen LogP contribution in [0.1, 0.15) is 17.8 Å². The van der Waals surface area contributed by atoms with Crippen LogP contribution in [0, 0.1) is 0 Å². The number of piperazine rings is 1. The van der Waals surface area contributed by atoms with Gasteiger partial charge in [0.1, 0.15) is 0 Å². The van der Waals surface area contributed by atoms with E-state index in [9.17, 15) is 8.42 Å². The molecule has 2 heterocycles. The van der Waals surface area contributed by atoms with Crippen LogP contribution in [0.5, 0.6) is 0 Å². The Hall–Kier alpha value is -1.25. The molecule has 0 amide bonds. The normalized spacial score (nSPS) is 19.6. The summed E-state index contributed by atoms with van der Waals surface area (Å²) in [5, 5.41) is 2.05. The van der Waals surface area contributed by atoms with E-state index in [0.29, 0.717) is 4.90 Å². The van der Waals surface area contributed by atoms with Gasteiger partial charge in [0.05, 0.1) is 10.9 Å². The summed E-state index contributed by atoms with van der Waals surface area (Å²) in [6.45, 7) is 5.84. The fourth-order valence-electron chi connectivity index (χ4n) is 3.28. The molecule has 2 atom stereocenters. The van der Waals surface area contributed by atoms with Crippen LogP contribution in [0.4, 0.5) is 0 Å². The lowest BCUT2D eigenvalue weighted by Crippen LogP contribution is -2.51. The average Bonchev–Trinajstić information content (AvgIpc) is 3.11. The van der Waals surface area contributed by atoms with Gasteiger partial charge in [0.2, 0.25) is 10.0 Å². The molecule has 0 radical (unpaired) electrons. The predicted octanol–water partition coefficient (Wildman–Crippen LogP) is 2.40. The number of hydrogen-bond acceptors (Lipinski definition) is 5. The van der Waals surface area contributed by atoms with Crippen molar-refractivity contribution in [3.05, 3.63) is 52.7 Å². The highest BCUT2D eigenvalue weighted by molar-refractivity contribution is 7.89. The molecule has 25 heavy (non-hydrogen) atoms. The number of sulfonamides is 1. The lowest BCUT2D eigenvalue weighted by Gasteiger charge is -2.40. The van der Waals surface area contributed by atoms with Gasteiger partial charge in [-0.2, -0.15) is 0 Å². The molecular weight excluding hydrogens is 354 g/mol. The molecular formula is C18H25N3O2S2. The summed E-state index contributed by atoms with van der Waals surface area (Å²) < 4.78 is 28.3. The fraction of sp³-hybridized carbons (Fsp3) is 0.444. The number of nitrogens with one attached hydrogen (secondary N) is 1. The minimum atomic E-state index is -3.53. The Labute approximate surface area is 154 Å². The molecule has 136 valence electrons. The molecule has 7 heteroatoms. The van der Waals surface area contributed by atoms with Gasteiger partial charge in [0, 0.05) is 37.1 Å². The smallest absolute Gasteiger partial charge is 0.240 e. The van der Waals surface area contributed by atoms with Crippen LogP contribution in [-0.2, 0) is 10.0 Å².